The van der Waals surface area contributed by atoms with Crippen LogP contribution in [0.5, 0.6) is 0 Å². The van der Waals surface area contributed by atoms with Gasteiger partial charge in [-0.1, -0.05) is 36.7 Å². The average Bonchev–Trinajstić information content (AvgIpc) is 3.22. The molecule has 0 spiro atoms. The normalized spacial score (nSPS) is 10.8. The summed E-state index contributed by atoms with van der Waals surface area (Å²) in [5.74, 6) is -0.0162. The molecule has 0 unspecified atom stereocenters. The first-order valence-electron chi connectivity index (χ1n) is 7.69. The van der Waals surface area contributed by atoms with Crippen LogP contribution >= 0.6 is 34.3 Å². The zero-order valence-corrected chi connectivity index (χ0v) is 15.6. The minimum atomic E-state index is -0.0162. The molecule has 3 rings (SSSR count). The number of halogens is 1. The Morgan fingerprint density at radius 2 is 2.00 bits per heavy atom. The van der Waals surface area contributed by atoms with Gasteiger partial charge >= 0.3 is 0 Å². The number of aromatic nitrogens is 1. The van der Waals surface area contributed by atoms with Crippen molar-refractivity contribution < 1.29 is 4.79 Å². The lowest BCUT2D eigenvalue weighted by atomic mass is 10.2. The van der Waals surface area contributed by atoms with Crippen LogP contribution in [0.15, 0.2) is 41.8 Å². The molecule has 1 N–H and O–H groups in total. The second kappa shape index (κ2) is 7.92. The number of carbonyl (C=O) groups is 1. The Balaban J connectivity index is 1.58. The highest BCUT2D eigenvalue weighted by Crippen LogP contribution is 2.30. The highest BCUT2D eigenvalue weighted by Gasteiger charge is 2.11. The Hall–Kier alpha value is -1.69. The molecule has 0 fully saturated rings. The van der Waals surface area contributed by atoms with Crippen molar-refractivity contribution in [2.45, 2.75) is 26.3 Å². The summed E-state index contributed by atoms with van der Waals surface area (Å²) in [4.78, 5) is 19.1. The van der Waals surface area contributed by atoms with Gasteiger partial charge < -0.3 is 5.32 Å². The van der Waals surface area contributed by atoms with Gasteiger partial charge in [0.05, 0.1) is 23.7 Å². The fraction of sp³-hybridized carbons (Fsp3) is 0.222. The number of nitrogens with zero attached hydrogens (tertiary/aromatic N) is 1. The van der Waals surface area contributed by atoms with Crippen LogP contribution in [0.4, 0.5) is 0 Å². The van der Waals surface area contributed by atoms with Gasteiger partial charge in [-0.2, -0.15) is 0 Å². The van der Waals surface area contributed by atoms with Crippen LogP contribution in [0, 0.1) is 0 Å². The molecule has 0 radical (unpaired) electrons. The van der Waals surface area contributed by atoms with Crippen LogP contribution in [0.2, 0.25) is 5.02 Å². The van der Waals surface area contributed by atoms with Crippen molar-refractivity contribution in [3.63, 3.8) is 0 Å². The first-order valence-corrected chi connectivity index (χ1v) is 9.76. The Bertz CT molecular complexity index is 841. The monoisotopic (exact) mass is 376 g/mol. The largest absolute Gasteiger partial charge is 0.351 e. The third-order valence-electron chi connectivity index (χ3n) is 3.52. The van der Waals surface area contributed by atoms with Gasteiger partial charge in [0, 0.05) is 20.7 Å². The number of hydrogen-bond acceptors (Lipinski definition) is 4. The van der Waals surface area contributed by atoms with E-state index in [-0.39, 0.29) is 12.3 Å². The van der Waals surface area contributed by atoms with E-state index in [1.54, 1.807) is 11.3 Å². The highest BCUT2D eigenvalue weighted by molar-refractivity contribution is 7.13. The third-order valence-corrected chi connectivity index (χ3v) is 6.01. The van der Waals surface area contributed by atoms with E-state index in [0.29, 0.717) is 11.6 Å². The summed E-state index contributed by atoms with van der Waals surface area (Å²) >= 11 is 9.44. The quantitative estimate of drug-likeness (QED) is 0.661. The molecule has 124 valence electrons. The molecular weight excluding hydrogens is 360 g/mol. The second-order valence-corrected chi connectivity index (χ2v) is 7.82. The minimum Gasteiger partial charge on any atom is -0.351 e. The fourth-order valence-corrected chi connectivity index (χ4v) is 4.30. The van der Waals surface area contributed by atoms with Crippen molar-refractivity contribution in [2.24, 2.45) is 0 Å². The molecule has 0 saturated heterocycles. The number of benzene rings is 1. The predicted octanol–water partition coefficient (Wildman–Crippen LogP) is 4.95. The molecule has 0 saturated carbocycles. The second-order valence-electron chi connectivity index (χ2n) is 5.30. The van der Waals surface area contributed by atoms with Crippen molar-refractivity contribution in [3.8, 4) is 10.6 Å². The van der Waals surface area contributed by atoms with Gasteiger partial charge in [0.15, 0.2) is 0 Å². The minimum absolute atomic E-state index is 0.0162. The Kier molecular flexibility index (Phi) is 5.66. The van der Waals surface area contributed by atoms with Crippen LogP contribution in [0.3, 0.4) is 0 Å². The van der Waals surface area contributed by atoms with E-state index in [0.717, 1.165) is 22.7 Å². The molecule has 24 heavy (non-hydrogen) atoms. The topological polar surface area (TPSA) is 42.0 Å². The number of rotatable bonds is 6. The van der Waals surface area contributed by atoms with Crippen molar-refractivity contribution >= 4 is 40.2 Å². The van der Waals surface area contributed by atoms with Gasteiger partial charge in [-0.15, -0.1) is 22.7 Å². The van der Waals surface area contributed by atoms with E-state index in [1.165, 1.54) is 21.1 Å². The summed E-state index contributed by atoms with van der Waals surface area (Å²) < 4.78 is 0. The van der Waals surface area contributed by atoms with Gasteiger partial charge in [0.2, 0.25) is 5.91 Å². The molecule has 0 atom stereocenters. The number of hydrogen-bond donors (Lipinski definition) is 1. The lowest BCUT2D eigenvalue weighted by Gasteiger charge is -2.02. The van der Waals surface area contributed by atoms with Crippen molar-refractivity contribution in [2.75, 3.05) is 0 Å². The van der Waals surface area contributed by atoms with E-state index in [1.807, 2.05) is 29.6 Å². The van der Waals surface area contributed by atoms with Gasteiger partial charge in [0.1, 0.15) is 5.01 Å². The zero-order valence-electron chi connectivity index (χ0n) is 13.2. The number of aryl methyl sites for hydroxylation is 1. The Labute approximate surface area is 154 Å². The van der Waals surface area contributed by atoms with E-state index in [9.17, 15) is 4.79 Å². The maximum Gasteiger partial charge on any atom is 0.226 e. The SMILES string of the molecule is CCc1ccc(CNC(=O)Cc2csc(-c3ccccc3Cl)n2)s1. The number of thiazole rings is 1. The molecule has 0 bridgehead atoms. The molecule has 1 amide bonds. The van der Waals surface area contributed by atoms with Crippen LogP contribution in [0.25, 0.3) is 10.6 Å². The molecule has 0 aliphatic heterocycles. The Morgan fingerprint density at radius 1 is 1.21 bits per heavy atom. The van der Waals surface area contributed by atoms with Gasteiger partial charge in [-0.25, -0.2) is 4.98 Å². The van der Waals surface area contributed by atoms with Gasteiger partial charge in [-0.05, 0) is 24.6 Å². The van der Waals surface area contributed by atoms with Crippen LogP contribution < -0.4 is 5.32 Å². The molecule has 0 aliphatic carbocycles. The third kappa shape index (κ3) is 4.23. The molecule has 2 heterocycles. The van der Waals surface area contributed by atoms with Crippen LogP contribution in [-0.4, -0.2) is 10.9 Å². The summed E-state index contributed by atoms with van der Waals surface area (Å²) in [7, 11) is 0. The summed E-state index contributed by atoms with van der Waals surface area (Å²) in [5.41, 5.74) is 1.68. The summed E-state index contributed by atoms with van der Waals surface area (Å²) in [5, 5.41) is 6.39. The number of amides is 1. The van der Waals surface area contributed by atoms with Crippen molar-refractivity contribution in [1.82, 2.24) is 10.3 Å². The van der Waals surface area contributed by atoms with E-state index in [4.69, 9.17) is 11.6 Å². The maximum absolute atomic E-state index is 12.1. The standard InChI is InChI=1S/C18H17ClN2OS2/c1-2-13-7-8-14(24-13)10-20-17(22)9-12-11-23-18(21-12)15-5-3-4-6-16(15)19/h3-8,11H,2,9-10H2,1H3,(H,20,22). The smallest absolute Gasteiger partial charge is 0.226 e. The predicted molar refractivity (Wildman–Crippen MR) is 102 cm³/mol. The highest BCUT2D eigenvalue weighted by atomic mass is 35.5. The molecule has 1 aromatic carbocycles. The first kappa shape index (κ1) is 17.1. The lowest BCUT2D eigenvalue weighted by molar-refractivity contribution is -0.120. The zero-order chi connectivity index (χ0) is 16.9. The summed E-state index contributed by atoms with van der Waals surface area (Å²) in [6.45, 7) is 2.71. The number of thiophene rings is 1. The van der Waals surface area contributed by atoms with Gasteiger partial charge in [0.25, 0.3) is 0 Å². The molecule has 3 aromatic rings. The van der Waals surface area contributed by atoms with Gasteiger partial charge in [-0.3, -0.25) is 4.79 Å². The van der Waals surface area contributed by atoms with E-state index >= 15 is 0 Å². The molecule has 6 heteroatoms. The molecular formula is C18H17ClN2OS2. The summed E-state index contributed by atoms with van der Waals surface area (Å²) in [6.07, 6.45) is 1.31. The van der Waals surface area contributed by atoms with Crippen molar-refractivity contribution in [3.05, 3.63) is 62.2 Å². The fourth-order valence-electron chi connectivity index (χ4n) is 2.27. The molecule has 3 nitrogen and oxygen atoms in total. The molecule has 0 aliphatic rings. The number of carbonyl (C=O) groups excluding carboxylic acids is 1. The molecule has 2 aromatic heterocycles. The Morgan fingerprint density at radius 3 is 2.75 bits per heavy atom. The van der Waals surface area contributed by atoms with Crippen molar-refractivity contribution in [1.29, 1.82) is 0 Å². The van der Waals surface area contributed by atoms with E-state index in [2.05, 4.69) is 29.4 Å². The van der Waals surface area contributed by atoms with Crippen LogP contribution in [0.1, 0.15) is 22.4 Å². The van der Waals surface area contributed by atoms with Crippen LogP contribution in [-0.2, 0) is 24.2 Å². The first-order chi connectivity index (χ1) is 11.7. The lowest BCUT2D eigenvalue weighted by Crippen LogP contribution is -2.24. The summed E-state index contributed by atoms with van der Waals surface area (Å²) in [6, 6.07) is 11.8. The van der Waals surface area contributed by atoms with E-state index < -0.39 is 0 Å². The average molecular weight is 377 g/mol. The maximum atomic E-state index is 12.1. The number of nitrogens with one attached hydrogen (secondary N) is 1.